The van der Waals surface area contributed by atoms with Crippen molar-refractivity contribution in [2.45, 2.75) is 19.6 Å². The first kappa shape index (κ1) is 28.9. The Hall–Kier alpha value is -4.23. The molecule has 2 saturated heterocycles. The molecule has 12 heteroatoms. The largest absolute Gasteiger partial charge is 0.354 e. The lowest BCUT2D eigenvalue weighted by Crippen LogP contribution is -2.45. The van der Waals surface area contributed by atoms with Gasteiger partial charge in [0.05, 0.1) is 35.7 Å². The van der Waals surface area contributed by atoms with Crippen molar-refractivity contribution in [2.24, 2.45) is 5.41 Å². The fourth-order valence-electron chi connectivity index (χ4n) is 5.04. The molecule has 2 fully saturated rings. The maximum atomic E-state index is 13.8. The third-order valence-electron chi connectivity index (χ3n) is 7.54. The standard InChI is InChI=1S/C31H35FN8O3/c1-31(29(41)36-23-6-3-2-4-7-23)18-42-28(43-19-31)27-38-25(21-8-10-22(32)11-9-21)26(39-27)24-12-14-35-30(37-24)34-13-5-16-40-17-15-33-20-40/h2-4,6-12,14,28,33H,5,13,15-20H2,1H3,(H,36,41)(H,38,39)(H,34,35,37). The molecule has 2 aliphatic heterocycles. The molecule has 1 amide bonds. The molecule has 2 aromatic carbocycles. The van der Waals surface area contributed by atoms with Crippen molar-refractivity contribution < 1.29 is 18.7 Å². The molecular weight excluding hydrogens is 551 g/mol. The van der Waals surface area contributed by atoms with Crippen LogP contribution in [0.5, 0.6) is 0 Å². The van der Waals surface area contributed by atoms with Crippen molar-refractivity contribution in [1.29, 1.82) is 0 Å². The number of aromatic amines is 1. The Morgan fingerprint density at radius 2 is 1.88 bits per heavy atom. The molecule has 11 nitrogen and oxygen atoms in total. The second-order valence-corrected chi connectivity index (χ2v) is 11.0. The van der Waals surface area contributed by atoms with E-state index in [9.17, 15) is 9.18 Å². The maximum Gasteiger partial charge on any atom is 0.234 e. The van der Waals surface area contributed by atoms with Gasteiger partial charge < -0.3 is 30.4 Å². The molecule has 0 aliphatic carbocycles. The minimum atomic E-state index is -0.889. The van der Waals surface area contributed by atoms with Crippen LogP contribution >= 0.6 is 0 Å². The van der Waals surface area contributed by atoms with E-state index in [-0.39, 0.29) is 24.9 Å². The lowest BCUT2D eigenvalue weighted by molar-refractivity contribution is -0.229. The Kier molecular flexibility index (Phi) is 8.70. The second-order valence-electron chi connectivity index (χ2n) is 11.0. The van der Waals surface area contributed by atoms with E-state index >= 15 is 0 Å². The second kappa shape index (κ2) is 13.0. The molecule has 0 spiro atoms. The molecule has 0 saturated carbocycles. The SMILES string of the molecule is CC1(C(=O)Nc2ccccc2)COC(c2nc(-c3ccc(F)cc3)c(-c3ccnc(NCCCN4CCNC4)n3)[nH]2)OC1. The van der Waals surface area contributed by atoms with Crippen molar-refractivity contribution in [3.63, 3.8) is 0 Å². The number of nitrogens with zero attached hydrogens (tertiary/aromatic N) is 4. The van der Waals surface area contributed by atoms with Gasteiger partial charge in [-0.25, -0.2) is 19.3 Å². The van der Waals surface area contributed by atoms with E-state index in [0.717, 1.165) is 39.3 Å². The van der Waals surface area contributed by atoms with Crippen LogP contribution in [0.2, 0.25) is 0 Å². The van der Waals surface area contributed by atoms with E-state index in [0.29, 0.717) is 40.1 Å². The summed E-state index contributed by atoms with van der Waals surface area (Å²) in [7, 11) is 0. The van der Waals surface area contributed by atoms with Crippen LogP contribution in [0.1, 0.15) is 25.5 Å². The summed E-state index contributed by atoms with van der Waals surface area (Å²) < 4.78 is 25.8. The molecule has 0 atom stereocenters. The van der Waals surface area contributed by atoms with Crippen LogP contribution in [-0.4, -0.2) is 76.8 Å². The van der Waals surface area contributed by atoms with Crippen molar-refractivity contribution in [2.75, 3.05) is 56.7 Å². The fourth-order valence-corrected chi connectivity index (χ4v) is 5.04. The summed E-state index contributed by atoms with van der Waals surface area (Å²) in [4.78, 5) is 32.6. The van der Waals surface area contributed by atoms with Crippen LogP contribution in [0.3, 0.4) is 0 Å². The van der Waals surface area contributed by atoms with Crippen molar-refractivity contribution in [1.82, 2.24) is 30.2 Å². The van der Waals surface area contributed by atoms with E-state index < -0.39 is 11.7 Å². The van der Waals surface area contributed by atoms with Crippen LogP contribution in [0.15, 0.2) is 66.9 Å². The van der Waals surface area contributed by atoms with Crippen LogP contribution in [0, 0.1) is 11.2 Å². The summed E-state index contributed by atoms with van der Waals surface area (Å²) in [5.41, 5.74) is 2.33. The number of carbonyl (C=O) groups excluding carboxylic acids is 1. The molecule has 0 bridgehead atoms. The molecule has 4 N–H and O–H groups in total. The number of imidazole rings is 1. The summed E-state index contributed by atoms with van der Waals surface area (Å²) in [5, 5.41) is 9.58. The fraction of sp³-hybridized carbons (Fsp3) is 0.355. The normalized spacial score (nSPS) is 20.7. The van der Waals surface area contributed by atoms with Gasteiger partial charge in [0.2, 0.25) is 18.1 Å². The van der Waals surface area contributed by atoms with E-state index in [1.807, 2.05) is 30.3 Å². The quantitative estimate of drug-likeness (QED) is 0.204. The summed E-state index contributed by atoms with van der Waals surface area (Å²) >= 11 is 0. The zero-order valence-electron chi connectivity index (χ0n) is 24.0. The van der Waals surface area contributed by atoms with Gasteiger partial charge in [-0.15, -0.1) is 0 Å². The topological polar surface area (TPSA) is 129 Å². The molecule has 224 valence electrons. The Morgan fingerprint density at radius 3 is 2.63 bits per heavy atom. The predicted octanol–water partition coefficient (Wildman–Crippen LogP) is 4.03. The highest BCUT2D eigenvalue weighted by atomic mass is 19.1. The zero-order valence-corrected chi connectivity index (χ0v) is 24.0. The molecule has 4 heterocycles. The Bertz CT molecular complexity index is 1520. The van der Waals surface area contributed by atoms with E-state index in [1.165, 1.54) is 12.1 Å². The number of benzene rings is 2. The van der Waals surface area contributed by atoms with Crippen molar-refractivity contribution in [3.05, 3.63) is 78.5 Å². The smallest absolute Gasteiger partial charge is 0.234 e. The van der Waals surface area contributed by atoms with Crippen molar-refractivity contribution >= 4 is 17.5 Å². The first-order valence-corrected chi connectivity index (χ1v) is 14.4. The maximum absolute atomic E-state index is 13.8. The summed E-state index contributed by atoms with van der Waals surface area (Å²) in [6.07, 6.45) is 1.82. The molecule has 6 rings (SSSR count). The number of anilines is 2. The monoisotopic (exact) mass is 586 g/mol. The average Bonchev–Trinajstić information content (AvgIpc) is 3.72. The lowest BCUT2D eigenvalue weighted by atomic mass is 9.91. The van der Waals surface area contributed by atoms with Gasteiger partial charge in [-0.3, -0.25) is 9.69 Å². The number of aromatic nitrogens is 4. The highest BCUT2D eigenvalue weighted by Gasteiger charge is 2.41. The molecule has 2 aliphatic rings. The van der Waals surface area contributed by atoms with Gasteiger partial charge in [-0.2, -0.15) is 0 Å². The highest BCUT2D eigenvalue weighted by molar-refractivity contribution is 5.95. The van der Waals surface area contributed by atoms with E-state index in [4.69, 9.17) is 19.4 Å². The Balaban J connectivity index is 1.18. The Labute approximate surface area is 249 Å². The average molecular weight is 587 g/mol. The van der Waals surface area contributed by atoms with Gasteiger partial charge in [0.15, 0.2) is 5.82 Å². The summed E-state index contributed by atoms with van der Waals surface area (Å²) in [6.45, 7) is 6.81. The van der Waals surface area contributed by atoms with Crippen LogP contribution in [0.25, 0.3) is 22.6 Å². The van der Waals surface area contributed by atoms with Crippen LogP contribution < -0.4 is 16.0 Å². The number of H-pyrrole nitrogens is 1. The van der Waals surface area contributed by atoms with Gasteiger partial charge in [0.25, 0.3) is 0 Å². The zero-order chi connectivity index (χ0) is 29.6. The van der Waals surface area contributed by atoms with Crippen molar-refractivity contribution in [3.8, 4) is 22.6 Å². The van der Waals surface area contributed by atoms with E-state index in [1.54, 1.807) is 31.3 Å². The minimum absolute atomic E-state index is 0.132. The number of rotatable bonds is 10. The number of ether oxygens (including phenoxy) is 2. The molecule has 0 unspecified atom stereocenters. The van der Waals surface area contributed by atoms with E-state index in [2.05, 4.69) is 30.8 Å². The molecule has 2 aromatic heterocycles. The van der Waals surface area contributed by atoms with Gasteiger partial charge in [-0.05, 0) is 55.8 Å². The van der Waals surface area contributed by atoms with Gasteiger partial charge in [0.1, 0.15) is 5.82 Å². The summed E-state index contributed by atoms with van der Waals surface area (Å²) in [6, 6.07) is 17.2. The number of carbonyl (C=O) groups is 1. The predicted molar refractivity (Wildman–Crippen MR) is 160 cm³/mol. The lowest BCUT2D eigenvalue weighted by Gasteiger charge is -2.35. The highest BCUT2D eigenvalue weighted by Crippen LogP contribution is 2.36. The minimum Gasteiger partial charge on any atom is -0.354 e. The first-order chi connectivity index (χ1) is 21.0. The Morgan fingerprint density at radius 1 is 1.09 bits per heavy atom. The molecule has 0 radical (unpaired) electrons. The van der Waals surface area contributed by atoms with Crippen LogP contribution in [0.4, 0.5) is 16.0 Å². The third kappa shape index (κ3) is 6.89. The van der Waals surface area contributed by atoms with Gasteiger partial charge in [-0.1, -0.05) is 18.2 Å². The number of halogens is 1. The van der Waals surface area contributed by atoms with Gasteiger partial charge >= 0.3 is 0 Å². The number of hydrogen-bond donors (Lipinski definition) is 4. The van der Waals surface area contributed by atoms with Gasteiger partial charge in [0, 0.05) is 50.3 Å². The molecular formula is C31H35FN8O3. The number of hydrogen-bond acceptors (Lipinski definition) is 9. The first-order valence-electron chi connectivity index (χ1n) is 14.4. The third-order valence-corrected chi connectivity index (χ3v) is 7.54. The molecule has 4 aromatic rings. The number of nitrogens with one attached hydrogen (secondary N) is 4. The summed E-state index contributed by atoms with van der Waals surface area (Å²) in [5.74, 6) is 0.393. The number of para-hydroxylation sites is 1. The molecule has 43 heavy (non-hydrogen) atoms. The number of amides is 1. The van der Waals surface area contributed by atoms with Crippen LogP contribution in [-0.2, 0) is 14.3 Å².